The molecule has 0 spiro atoms. The van der Waals surface area contributed by atoms with Crippen LogP contribution in [0.3, 0.4) is 0 Å². The Balaban J connectivity index is 1.67. The molecule has 0 saturated heterocycles. The molecule has 0 bridgehead atoms. The van der Waals surface area contributed by atoms with E-state index >= 15 is 0 Å². The fourth-order valence-corrected chi connectivity index (χ4v) is 4.31. The van der Waals surface area contributed by atoms with Gasteiger partial charge in [-0.25, -0.2) is 18.4 Å². The standard InChI is InChI=1S/C23H22N4O2S/c1-3-27-22-11-7-6-10-21(22)25-23(27)24-16-18-8-4-5-9-20(18)26-30(28,29)19-14-12-17(2)13-15-19/h4-16,26H,3H2,1-2H3/b24-16+. The molecule has 6 nitrogen and oxygen atoms in total. The van der Waals surface area contributed by atoms with Crippen molar-refractivity contribution in [2.45, 2.75) is 25.3 Å². The summed E-state index contributed by atoms with van der Waals surface area (Å²) in [5.41, 5.74) is 4.00. The van der Waals surface area contributed by atoms with Crippen molar-refractivity contribution in [3.8, 4) is 0 Å². The molecule has 0 aliphatic heterocycles. The van der Waals surface area contributed by atoms with E-state index in [0.29, 0.717) is 17.2 Å². The zero-order chi connectivity index (χ0) is 21.1. The average molecular weight is 419 g/mol. The predicted octanol–water partition coefficient (Wildman–Crippen LogP) is 4.92. The first-order chi connectivity index (χ1) is 14.5. The van der Waals surface area contributed by atoms with Crippen molar-refractivity contribution in [3.05, 3.63) is 83.9 Å². The maximum Gasteiger partial charge on any atom is 0.261 e. The van der Waals surface area contributed by atoms with Crippen LogP contribution in [-0.4, -0.2) is 24.2 Å². The monoisotopic (exact) mass is 418 g/mol. The molecule has 0 unspecified atom stereocenters. The third-order valence-electron chi connectivity index (χ3n) is 4.81. The minimum atomic E-state index is -3.70. The number of aliphatic imine (C=N–C) groups is 1. The van der Waals surface area contributed by atoms with Crippen molar-refractivity contribution >= 4 is 38.9 Å². The molecule has 0 amide bonds. The van der Waals surface area contributed by atoms with Crippen LogP contribution in [0, 0.1) is 6.92 Å². The van der Waals surface area contributed by atoms with E-state index in [0.717, 1.165) is 23.1 Å². The van der Waals surface area contributed by atoms with Gasteiger partial charge >= 0.3 is 0 Å². The molecule has 1 N–H and O–H groups in total. The van der Waals surface area contributed by atoms with Crippen molar-refractivity contribution in [2.75, 3.05) is 4.72 Å². The molecule has 4 aromatic rings. The van der Waals surface area contributed by atoms with Crippen molar-refractivity contribution in [1.82, 2.24) is 9.55 Å². The van der Waals surface area contributed by atoms with E-state index < -0.39 is 10.0 Å². The van der Waals surface area contributed by atoms with Gasteiger partial charge in [-0.2, -0.15) is 0 Å². The molecule has 0 atom stereocenters. The molecule has 1 heterocycles. The average Bonchev–Trinajstić information content (AvgIpc) is 3.10. The van der Waals surface area contributed by atoms with Gasteiger partial charge in [0.15, 0.2) is 0 Å². The summed E-state index contributed by atoms with van der Waals surface area (Å²) in [5.74, 6) is 0.579. The Labute approximate surface area is 176 Å². The number of benzene rings is 3. The summed E-state index contributed by atoms with van der Waals surface area (Å²) in [5, 5.41) is 0. The highest BCUT2D eigenvalue weighted by Gasteiger charge is 2.15. The molecule has 0 fully saturated rings. The minimum Gasteiger partial charge on any atom is -0.309 e. The van der Waals surface area contributed by atoms with Gasteiger partial charge in [0.25, 0.3) is 10.0 Å². The number of fused-ring (bicyclic) bond motifs is 1. The van der Waals surface area contributed by atoms with Crippen molar-refractivity contribution in [2.24, 2.45) is 4.99 Å². The normalized spacial score (nSPS) is 11.9. The summed E-state index contributed by atoms with van der Waals surface area (Å²) in [6.45, 7) is 4.69. The minimum absolute atomic E-state index is 0.215. The number of hydrogen-bond acceptors (Lipinski definition) is 4. The largest absolute Gasteiger partial charge is 0.309 e. The van der Waals surface area contributed by atoms with Crippen molar-refractivity contribution < 1.29 is 8.42 Å². The van der Waals surface area contributed by atoms with Gasteiger partial charge in [-0.05, 0) is 44.2 Å². The topological polar surface area (TPSA) is 76.3 Å². The zero-order valence-corrected chi connectivity index (χ0v) is 17.6. The van der Waals surface area contributed by atoms with Gasteiger partial charge < -0.3 is 4.57 Å². The molecule has 3 aromatic carbocycles. The SMILES string of the molecule is CCn1c(/N=C/c2ccccc2NS(=O)(=O)c2ccc(C)cc2)nc2ccccc21. The fourth-order valence-electron chi connectivity index (χ4n) is 3.22. The second-order valence-corrected chi connectivity index (χ2v) is 8.59. The number of imidazole rings is 1. The quantitative estimate of drug-likeness (QED) is 0.452. The molecule has 0 aliphatic carbocycles. The molecule has 0 saturated carbocycles. The molecule has 0 radical (unpaired) electrons. The highest BCUT2D eigenvalue weighted by Crippen LogP contribution is 2.23. The summed E-state index contributed by atoms with van der Waals surface area (Å²) in [7, 11) is -3.70. The first-order valence-corrected chi connectivity index (χ1v) is 11.1. The first kappa shape index (κ1) is 19.8. The number of sulfonamides is 1. The van der Waals surface area contributed by atoms with Crippen LogP contribution in [-0.2, 0) is 16.6 Å². The summed E-state index contributed by atoms with van der Waals surface area (Å²) in [4.78, 5) is 9.35. The summed E-state index contributed by atoms with van der Waals surface area (Å²) in [6.07, 6.45) is 1.64. The number of anilines is 1. The maximum atomic E-state index is 12.8. The molecular formula is C23H22N4O2S. The first-order valence-electron chi connectivity index (χ1n) is 9.66. The third-order valence-corrected chi connectivity index (χ3v) is 6.19. The number of aromatic nitrogens is 2. The predicted molar refractivity (Wildman–Crippen MR) is 121 cm³/mol. The van der Waals surface area contributed by atoms with E-state index in [2.05, 4.69) is 14.7 Å². The number of nitrogens with zero attached hydrogens (tertiary/aromatic N) is 3. The lowest BCUT2D eigenvalue weighted by molar-refractivity contribution is 0.601. The highest BCUT2D eigenvalue weighted by atomic mass is 32.2. The van der Waals surface area contributed by atoms with Crippen LogP contribution >= 0.6 is 0 Å². The van der Waals surface area contributed by atoms with E-state index in [-0.39, 0.29) is 4.90 Å². The molecular weight excluding hydrogens is 396 g/mol. The summed E-state index contributed by atoms with van der Waals surface area (Å²) >= 11 is 0. The van der Waals surface area contributed by atoms with Gasteiger partial charge in [0.2, 0.25) is 5.95 Å². The molecule has 152 valence electrons. The highest BCUT2D eigenvalue weighted by molar-refractivity contribution is 7.92. The van der Waals surface area contributed by atoms with Gasteiger partial charge in [-0.15, -0.1) is 0 Å². The zero-order valence-electron chi connectivity index (χ0n) is 16.8. The Morgan fingerprint density at radius 1 is 1.00 bits per heavy atom. The lowest BCUT2D eigenvalue weighted by atomic mass is 10.2. The van der Waals surface area contributed by atoms with Gasteiger partial charge in [0.05, 0.1) is 21.6 Å². The third kappa shape index (κ3) is 3.97. The van der Waals surface area contributed by atoms with Gasteiger partial charge in [0, 0.05) is 18.3 Å². The van der Waals surface area contributed by atoms with Crippen molar-refractivity contribution in [3.63, 3.8) is 0 Å². The number of aryl methyl sites for hydroxylation is 2. The van der Waals surface area contributed by atoms with Crippen molar-refractivity contribution in [1.29, 1.82) is 0 Å². The fraction of sp³-hybridized carbons (Fsp3) is 0.130. The summed E-state index contributed by atoms with van der Waals surface area (Å²) in [6, 6.07) is 21.8. The lowest BCUT2D eigenvalue weighted by Crippen LogP contribution is -2.14. The van der Waals surface area contributed by atoms with E-state index in [1.165, 1.54) is 0 Å². The maximum absolute atomic E-state index is 12.8. The van der Waals surface area contributed by atoms with Gasteiger partial charge in [-0.1, -0.05) is 48.0 Å². The van der Waals surface area contributed by atoms with Gasteiger partial charge in [-0.3, -0.25) is 4.72 Å². The Morgan fingerprint density at radius 3 is 2.47 bits per heavy atom. The van der Waals surface area contributed by atoms with Crippen LogP contribution in [0.4, 0.5) is 11.6 Å². The second kappa shape index (κ2) is 8.12. The summed E-state index contributed by atoms with van der Waals surface area (Å²) < 4.78 is 30.3. The Morgan fingerprint density at radius 2 is 1.70 bits per heavy atom. The lowest BCUT2D eigenvalue weighted by Gasteiger charge is -2.10. The number of rotatable bonds is 6. The Bertz CT molecular complexity index is 1320. The number of para-hydroxylation sites is 3. The molecule has 7 heteroatoms. The van der Waals surface area contributed by atoms with Crippen LogP contribution in [0.2, 0.25) is 0 Å². The Kier molecular flexibility index (Phi) is 5.37. The smallest absolute Gasteiger partial charge is 0.261 e. The van der Waals surface area contributed by atoms with E-state index in [1.54, 1.807) is 42.6 Å². The molecule has 0 aliphatic rings. The van der Waals surface area contributed by atoms with Gasteiger partial charge in [0.1, 0.15) is 0 Å². The molecule has 30 heavy (non-hydrogen) atoms. The van der Waals surface area contributed by atoms with E-state index in [1.807, 2.05) is 54.8 Å². The van der Waals surface area contributed by atoms with E-state index in [4.69, 9.17) is 0 Å². The molecule has 4 rings (SSSR count). The van der Waals surface area contributed by atoms with Crippen LogP contribution in [0.1, 0.15) is 18.1 Å². The van der Waals surface area contributed by atoms with Crippen LogP contribution in [0.25, 0.3) is 11.0 Å². The number of nitrogens with one attached hydrogen (secondary N) is 1. The number of hydrogen-bond donors (Lipinski definition) is 1. The Hall–Kier alpha value is -3.45. The second-order valence-electron chi connectivity index (χ2n) is 6.91. The van der Waals surface area contributed by atoms with Crippen LogP contribution in [0.15, 0.2) is 82.7 Å². The van der Waals surface area contributed by atoms with E-state index in [9.17, 15) is 8.42 Å². The molecule has 1 aromatic heterocycles. The van der Waals surface area contributed by atoms with Crippen LogP contribution in [0.5, 0.6) is 0 Å². The van der Waals surface area contributed by atoms with Crippen LogP contribution < -0.4 is 4.72 Å².